The highest BCUT2D eigenvalue weighted by Gasteiger charge is 2.19. The van der Waals surface area contributed by atoms with Gasteiger partial charge in [-0.2, -0.15) is 0 Å². The number of rotatable bonds is 4. The molecule has 8 heteroatoms. The third-order valence-electron chi connectivity index (χ3n) is 3.15. The number of methoxy groups -OCH3 is 1. The minimum Gasteiger partial charge on any atom is -0.497 e. The smallest absolute Gasteiger partial charge is 0.270 e. The highest BCUT2D eigenvalue weighted by atomic mass is 32.2. The van der Waals surface area contributed by atoms with Gasteiger partial charge in [-0.25, -0.2) is 12.7 Å². The van der Waals surface area contributed by atoms with Gasteiger partial charge in [-0.15, -0.1) is 0 Å². The number of non-ortho nitro benzene ring substituents is 1. The Morgan fingerprint density at radius 2 is 1.67 bits per heavy atom. The average Bonchev–Trinajstić information content (AvgIpc) is 2.60. The van der Waals surface area contributed by atoms with Gasteiger partial charge in [0.2, 0.25) is 0 Å². The van der Waals surface area contributed by atoms with Gasteiger partial charge in [0.25, 0.3) is 15.7 Å². The van der Waals surface area contributed by atoms with E-state index in [4.69, 9.17) is 4.74 Å². The molecule has 0 atom stereocenters. The molecule has 0 aliphatic carbocycles. The first-order valence-corrected chi connectivity index (χ1v) is 8.17. The summed E-state index contributed by atoms with van der Waals surface area (Å²) in [7, 11) is -0.992. The first-order chi connectivity index (χ1) is 11.3. The van der Waals surface area contributed by atoms with E-state index in [2.05, 4.69) is 12.0 Å². The fraction of sp³-hybridized carbons (Fsp3) is 0.125. The average molecular weight is 346 g/mol. The van der Waals surface area contributed by atoms with Crippen molar-refractivity contribution in [1.82, 2.24) is 4.31 Å². The summed E-state index contributed by atoms with van der Waals surface area (Å²) in [5, 5.41) is 10.6. The number of nitro benzene ring substituents is 1. The van der Waals surface area contributed by atoms with Crippen LogP contribution in [0.25, 0.3) is 0 Å². The van der Waals surface area contributed by atoms with Crippen molar-refractivity contribution in [3.05, 3.63) is 64.2 Å². The van der Waals surface area contributed by atoms with Gasteiger partial charge in [-0.3, -0.25) is 10.1 Å². The Morgan fingerprint density at radius 3 is 2.17 bits per heavy atom. The lowest BCUT2D eigenvalue weighted by Gasteiger charge is -2.11. The van der Waals surface area contributed by atoms with E-state index in [1.165, 1.54) is 19.2 Å². The molecule has 0 saturated carbocycles. The van der Waals surface area contributed by atoms with Crippen LogP contribution in [-0.2, 0) is 10.0 Å². The Kier molecular flexibility index (Phi) is 5.06. The number of sulfonamides is 1. The molecule has 0 N–H and O–H groups in total. The molecule has 0 spiro atoms. The van der Waals surface area contributed by atoms with Crippen LogP contribution in [0.2, 0.25) is 0 Å². The maximum absolute atomic E-state index is 12.4. The molecule has 0 fully saturated rings. The lowest BCUT2D eigenvalue weighted by Crippen LogP contribution is -2.22. The molecule has 2 rings (SSSR count). The van der Waals surface area contributed by atoms with Crippen molar-refractivity contribution in [2.45, 2.75) is 4.90 Å². The van der Waals surface area contributed by atoms with Crippen molar-refractivity contribution >= 4 is 15.7 Å². The Hall–Kier alpha value is -3.05. The van der Waals surface area contributed by atoms with Gasteiger partial charge < -0.3 is 4.74 Å². The molecule has 2 aromatic rings. The monoisotopic (exact) mass is 346 g/mol. The maximum atomic E-state index is 12.4. The largest absolute Gasteiger partial charge is 0.497 e. The molecule has 2 aromatic carbocycles. The minimum atomic E-state index is -3.85. The maximum Gasteiger partial charge on any atom is 0.270 e. The number of nitrogens with zero attached hydrogens (tertiary/aromatic N) is 2. The SMILES string of the molecule is COc1ccc(C#CN(C)S(=O)(=O)c2ccc([N+](=O)[O-])cc2)cc1. The van der Waals surface area contributed by atoms with Gasteiger partial charge in [-0.1, -0.05) is 0 Å². The summed E-state index contributed by atoms with van der Waals surface area (Å²) in [4.78, 5) is 9.95. The second-order valence-corrected chi connectivity index (χ2v) is 6.66. The van der Waals surface area contributed by atoms with Crippen molar-refractivity contribution in [1.29, 1.82) is 0 Å². The topological polar surface area (TPSA) is 89.8 Å². The quantitative estimate of drug-likeness (QED) is 0.366. The lowest BCUT2D eigenvalue weighted by molar-refractivity contribution is -0.384. The van der Waals surface area contributed by atoms with Crippen LogP contribution in [0.1, 0.15) is 5.56 Å². The minimum absolute atomic E-state index is 0.0698. The molecule has 0 aliphatic heterocycles. The van der Waals surface area contributed by atoms with Crippen molar-refractivity contribution in [2.24, 2.45) is 0 Å². The van der Waals surface area contributed by atoms with Crippen molar-refractivity contribution in [2.75, 3.05) is 14.2 Å². The third-order valence-corrected chi connectivity index (χ3v) is 4.83. The van der Waals surface area contributed by atoms with E-state index in [0.29, 0.717) is 11.3 Å². The first kappa shape index (κ1) is 17.3. The predicted molar refractivity (Wildman–Crippen MR) is 87.9 cm³/mol. The van der Waals surface area contributed by atoms with Gasteiger partial charge in [0.1, 0.15) is 5.75 Å². The number of nitro groups is 1. The summed E-state index contributed by atoms with van der Waals surface area (Å²) in [6, 6.07) is 14.0. The first-order valence-electron chi connectivity index (χ1n) is 6.73. The fourth-order valence-corrected chi connectivity index (χ4v) is 2.74. The molecular weight excluding hydrogens is 332 g/mol. The molecule has 0 saturated heterocycles. The van der Waals surface area contributed by atoms with Crippen LogP contribution < -0.4 is 4.74 Å². The normalized spacial score (nSPS) is 10.4. The molecule has 24 heavy (non-hydrogen) atoms. The van der Waals surface area contributed by atoms with Crippen molar-refractivity contribution < 1.29 is 18.1 Å². The summed E-state index contributed by atoms with van der Waals surface area (Å²) in [5.74, 6) is 3.41. The molecule has 0 bridgehead atoms. The van der Waals surface area contributed by atoms with Crippen LogP contribution in [0, 0.1) is 22.1 Å². The molecule has 0 unspecified atom stereocenters. The van der Waals surface area contributed by atoms with Crippen molar-refractivity contribution in [3.8, 4) is 17.7 Å². The number of hydrogen-bond donors (Lipinski definition) is 0. The molecule has 7 nitrogen and oxygen atoms in total. The van der Waals surface area contributed by atoms with Crippen LogP contribution in [0.5, 0.6) is 5.75 Å². The zero-order chi connectivity index (χ0) is 17.7. The van der Waals surface area contributed by atoms with E-state index in [9.17, 15) is 18.5 Å². The Balaban J connectivity index is 2.22. The third kappa shape index (κ3) is 3.83. The second-order valence-electron chi connectivity index (χ2n) is 4.69. The highest BCUT2D eigenvalue weighted by Crippen LogP contribution is 2.18. The molecule has 0 aromatic heterocycles. The zero-order valence-electron chi connectivity index (χ0n) is 13.0. The molecule has 0 aliphatic rings. The van der Waals surface area contributed by atoms with E-state index >= 15 is 0 Å². The Morgan fingerprint density at radius 1 is 1.08 bits per heavy atom. The van der Waals surface area contributed by atoms with E-state index in [1.807, 2.05) is 0 Å². The molecule has 0 radical (unpaired) electrons. The van der Waals surface area contributed by atoms with Gasteiger partial charge in [0.05, 0.1) is 16.9 Å². The number of ether oxygens (including phenoxy) is 1. The zero-order valence-corrected chi connectivity index (χ0v) is 13.8. The highest BCUT2D eigenvalue weighted by molar-refractivity contribution is 7.89. The van der Waals surface area contributed by atoms with Gasteiger partial charge in [-0.05, 0) is 42.3 Å². The molecule has 0 heterocycles. The Bertz CT molecular complexity index is 894. The molecular formula is C16H14N2O5S. The standard InChI is InChI=1S/C16H14N2O5S/c1-17(12-11-13-3-7-15(23-2)8-4-13)24(21,22)16-9-5-14(6-10-16)18(19)20/h3-10H,1-2H3. The van der Waals surface area contributed by atoms with Crippen LogP contribution in [-0.4, -0.2) is 31.8 Å². The second kappa shape index (κ2) is 7.02. The van der Waals surface area contributed by atoms with Crippen molar-refractivity contribution in [3.63, 3.8) is 0 Å². The lowest BCUT2D eigenvalue weighted by atomic mass is 10.2. The van der Waals surface area contributed by atoms with Gasteiger partial charge in [0, 0.05) is 30.8 Å². The summed E-state index contributed by atoms with van der Waals surface area (Å²) >= 11 is 0. The van der Waals surface area contributed by atoms with Crippen LogP contribution in [0.3, 0.4) is 0 Å². The molecule has 0 amide bonds. The summed E-state index contributed by atoms with van der Waals surface area (Å²) < 4.78 is 30.6. The van der Waals surface area contributed by atoms with E-state index in [1.54, 1.807) is 31.4 Å². The van der Waals surface area contributed by atoms with E-state index < -0.39 is 14.9 Å². The molecule has 124 valence electrons. The van der Waals surface area contributed by atoms with Crippen LogP contribution in [0.4, 0.5) is 5.69 Å². The van der Waals surface area contributed by atoms with E-state index in [0.717, 1.165) is 16.4 Å². The summed E-state index contributed by atoms with van der Waals surface area (Å²) in [6.45, 7) is 0. The fourth-order valence-electron chi connectivity index (χ4n) is 1.78. The van der Waals surface area contributed by atoms with Gasteiger partial charge in [0.15, 0.2) is 0 Å². The summed E-state index contributed by atoms with van der Waals surface area (Å²) in [5.41, 5.74) is 0.447. The number of benzene rings is 2. The Labute approximate surface area is 139 Å². The summed E-state index contributed by atoms with van der Waals surface area (Å²) in [6.07, 6.45) is 0. The number of hydrogen-bond acceptors (Lipinski definition) is 5. The van der Waals surface area contributed by atoms with Crippen LogP contribution in [0.15, 0.2) is 53.4 Å². The predicted octanol–water partition coefficient (Wildman–Crippen LogP) is 2.23. The van der Waals surface area contributed by atoms with Crippen LogP contribution >= 0.6 is 0 Å². The van der Waals surface area contributed by atoms with Gasteiger partial charge >= 0.3 is 0 Å². The van der Waals surface area contributed by atoms with E-state index in [-0.39, 0.29) is 10.6 Å².